The molecule has 0 spiro atoms. The number of anilines is 1. The van der Waals surface area contributed by atoms with E-state index in [9.17, 15) is 0 Å². The summed E-state index contributed by atoms with van der Waals surface area (Å²) >= 11 is 6.41. The van der Waals surface area contributed by atoms with Crippen molar-refractivity contribution in [3.8, 4) is 5.69 Å². The second-order valence-electron chi connectivity index (χ2n) is 9.09. The highest BCUT2D eigenvalue weighted by Gasteiger charge is 2.31. The number of fused-ring (bicyclic) bond motifs is 3. The van der Waals surface area contributed by atoms with E-state index in [-0.39, 0.29) is 0 Å². The Morgan fingerprint density at radius 1 is 0.788 bits per heavy atom. The number of aromatic nitrogens is 4. The molecule has 6 heteroatoms. The minimum absolute atomic E-state index is 0.413. The van der Waals surface area contributed by atoms with Crippen molar-refractivity contribution >= 4 is 17.4 Å². The van der Waals surface area contributed by atoms with Crippen LogP contribution in [0.4, 0.5) is 5.82 Å². The predicted octanol–water partition coefficient (Wildman–Crippen LogP) is 6.28. The summed E-state index contributed by atoms with van der Waals surface area (Å²) < 4.78 is 2.29. The third-order valence-corrected chi connectivity index (χ3v) is 7.30. The molecule has 3 heterocycles. The minimum Gasteiger partial charge on any atom is -0.345 e. The van der Waals surface area contributed by atoms with Gasteiger partial charge in [0.1, 0.15) is 11.6 Å². The van der Waals surface area contributed by atoms with Crippen LogP contribution in [-0.4, -0.2) is 19.7 Å². The van der Waals surface area contributed by atoms with Gasteiger partial charge in [0.05, 0.1) is 12.2 Å². The first-order valence-corrected chi connectivity index (χ1v) is 12.1. The van der Waals surface area contributed by atoms with Crippen LogP contribution < -0.4 is 4.90 Å². The van der Waals surface area contributed by atoms with Gasteiger partial charge < -0.3 is 4.90 Å². The lowest BCUT2D eigenvalue weighted by molar-refractivity contribution is 0.382. The van der Waals surface area contributed by atoms with E-state index in [1.807, 2.05) is 30.5 Å². The molecular formula is C27H26ClN5. The molecule has 166 valence electrons. The molecule has 0 unspecified atom stereocenters. The fraction of sp³-hybridized carbons (Fsp3) is 0.296. The number of rotatable bonds is 3. The van der Waals surface area contributed by atoms with Gasteiger partial charge in [0.2, 0.25) is 0 Å². The maximum absolute atomic E-state index is 6.41. The molecule has 5 nitrogen and oxygen atoms in total. The summed E-state index contributed by atoms with van der Waals surface area (Å²) in [5, 5.41) is 10.2. The van der Waals surface area contributed by atoms with Gasteiger partial charge in [-0.3, -0.25) is 4.57 Å². The second kappa shape index (κ2) is 8.64. The van der Waals surface area contributed by atoms with Crippen molar-refractivity contribution in [3.63, 3.8) is 0 Å². The van der Waals surface area contributed by atoms with E-state index in [0.717, 1.165) is 47.6 Å². The number of hydrogen-bond donors (Lipinski definition) is 0. The van der Waals surface area contributed by atoms with Crippen molar-refractivity contribution in [1.29, 1.82) is 0 Å². The third-order valence-electron chi connectivity index (χ3n) is 7.07. The van der Waals surface area contributed by atoms with E-state index in [1.54, 1.807) is 0 Å². The minimum atomic E-state index is 0.413. The van der Waals surface area contributed by atoms with Gasteiger partial charge in [0.15, 0.2) is 5.82 Å². The highest BCUT2D eigenvalue weighted by Crippen LogP contribution is 2.41. The molecule has 2 aromatic heterocycles. The Labute approximate surface area is 199 Å². The maximum Gasteiger partial charge on any atom is 0.157 e. The molecule has 2 aliphatic rings. The topological polar surface area (TPSA) is 46.8 Å². The zero-order chi connectivity index (χ0) is 22.2. The van der Waals surface area contributed by atoms with E-state index >= 15 is 0 Å². The Bertz CT molecular complexity index is 1250. The van der Waals surface area contributed by atoms with E-state index in [0.29, 0.717) is 18.4 Å². The maximum atomic E-state index is 6.41. The summed E-state index contributed by atoms with van der Waals surface area (Å²) in [6.45, 7) is 1.39. The fourth-order valence-electron chi connectivity index (χ4n) is 5.40. The van der Waals surface area contributed by atoms with Crippen LogP contribution in [0.25, 0.3) is 5.69 Å². The monoisotopic (exact) mass is 455 g/mol. The highest BCUT2D eigenvalue weighted by atomic mass is 35.5. The van der Waals surface area contributed by atoms with Crippen molar-refractivity contribution in [3.05, 3.63) is 101 Å². The Balaban J connectivity index is 1.34. The first kappa shape index (κ1) is 20.4. The van der Waals surface area contributed by atoms with Gasteiger partial charge in [-0.25, -0.2) is 4.98 Å². The van der Waals surface area contributed by atoms with Crippen molar-refractivity contribution in [2.45, 2.75) is 50.6 Å². The number of nitrogens with zero attached hydrogens (tertiary/aromatic N) is 5. The van der Waals surface area contributed by atoms with Crippen LogP contribution in [-0.2, 0) is 13.1 Å². The number of pyridine rings is 1. The fourth-order valence-corrected chi connectivity index (χ4v) is 5.60. The molecule has 1 aliphatic carbocycles. The zero-order valence-electron chi connectivity index (χ0n) is 18.4. The molecule has 1 aliphatic heterocycles. The molecular weight excluding hydrogens is 430 g/mol. The molecule has 2 aromatic carbocycles. The number of halogens is 1. The summed E-state index contributed by atoms with van der Waals surface area (Å²) in [6, 6.07) is 23.1. The number of hydrogen-bond acceptors (Lipinski definition) is 4. The number of benzene rings is 2. The third kappa shape index (κ3) is 3.91. The molecule has 0 radical (unpaired) electrons. The van der Waals surface area contributed by atoms with Gasteiger partial charge >= 0.3 is 0 Å². The average molecular weight is 456 g/mol. The van der Waals surface area contributed by atoms with Gasteiger partial charge in [-0.15, -0.1) is 10.2 Å². The van der Waals surface area contributed by atoms with E-state index in [4.69, 9.17) is 16.7 Å². The normalized spacial score (nSPS) is 20.1. The van der Waals surface area contributed by atoms with Crippen LogP contribution >= 0.6 is 11.6 Å². The van der Waals surface area contributed by atoms with Crippen LogP contribution in [0.1, 0.15) is 60.3 Å². The van der Waals surface area contributed by atoms with Crippen LogP contribution in [0.2, 0.25) is 5.02 Å². The van der Waals surface area contributed by atoms with E-state index in [2.05, 4.69) is 62.0 Å². The second-order valence-corrected chi connectivity index (χ2v) is 9.52. The summed E-state index contributed by atoms with van der Waals surface area (Å²) in [5.41, 5.74) is 3.77. The average Bonchev–Trinajstić information content (AvgIpc) is 3.21. The molecule has 33 heavy (non-hydrogen) atoms. The summed E-state index contributed by atoms with van der Waals surface area (Å²) in [4.78, 5) is 6.83. The van der Waals surface area contributed by atoms with Crippen molar-refractivity contribution in [2.75, 3.05) is 4.90 Å². The molecule has 6 rings (SSSR count). The molecule has 1 saturated carbocycles. The summed E-state index contributed by atoms with van der Waals surface area (Å²) in [5.74, 6) is 4.03. The van der Waals surface area contributed by atoms with Crippen LogP contribution in [0.5, 0.6) is 0 Å². The largest absolute Gasteiger partial charge is 0.345 e. The Morgan fingerprint density at radius 3 is 2.36 bits per heavy atom. The zero-order valence-corrected chi connectivity index (χ0v) is 19.2. The molecule has 0 bridgehead atoms. The predicted molar refractivity (Wildman–Crippen MR) is 131 cm³/mol. The summed E-state index contributed by atoms with van der Waals surface area (Å²) in [7, 11) is 0. The van der Waals surface area contributed by atoms with Crippen LogP contribution in [0.3, 0.4) is 0 Å². The smallest absolute Gasteiger partial charge is 0.157 e. The first-order chi connectivity index (χ1) is 16.3. The van der Waals surface area contributed by atoms with Crippen molar-refractivity contribution < 1.29 is 0 Å². The lowest BCUT2D eigenvalue weighted by Crippen LogP contribution is -2.22. The molecule has 0 N–H and O–H groups in total. The van der Waals surface area contributed by atoms with Gasteiger partial charge in [0, 0.05) is 23.7 Å². The lowest BCUT2D eigenvalue weighted by atomic mass is 9.78. The Kier molecular flexibility index (Phi) is 5.35. The highest BCUT2D eigenvalue weighted by molar-refractivity contribution is 6.30. The summed E-state index contributed by atoms with van der Waals surface area (Å²) in [6.07, 6.45) is 6.46. The van der Waals surface area contributed by atoms with Crippen LogP contribution in [0, 0.1) is 0 Å². The van der Waals surface area contributed by atoms with Crippen molar-refractivity contribution in [2.24, 2.45) is 0 Å². The van der Waals surface area contributed by atoms with Crippen LogP contribution in [0.15, 0.2) is 72.9 Å². The Hall–Kier alpha value is -3.18. The van der Waals surface area contributed by atoms with E-state index < -0.39 is 0 Å². The lowest BCUT2D eigenvalue weighted by Gasteiger charge is -2.28. The molecule has 1 fully saturated rings. The standard InChI is InChI=1S/C27H26ClN5/c28-23-13-14-24-22(16-23)17-32(25-8-4-5-15-29-25)18-26-30-31-27(33(24)26)21-11-9-20(10-12-21)19-6-2-1-3-7-19/h1-8,13-16,20-21H,9-12,17-18H2/t20-,21-. The molecule has 0 atom stereocenters. The van der Waals surface area contributed by atoms with Gasteiger partial charge in [-0.2, -0.15) is 0 Å². The Morgan fingerprint density at radius 2 is 1.58 bits per heavy atom. The van der Waals surface area contributed by atoms with E-state index in [1.165, 1.54) is 24.0 Å². The van der Waals surface area contributed by atoms with Gasteiger partial charge in [0.25, 0.3) is 0 Å². The SMILES string of the molecule is Clc1ccc2c(c1)CN(c1ccccn1)Cc1nnc([C@H]3CC[C@H](c4ccccc4)CC3)n1-2. The molecule has 4 aromatic rings. The van der Waals surface area contributed by atoms with Gasteiger partial charge in [-0.1, -0.05) is 48.0 Å². The molecule has 0 saturated heterocycles. The quantitative estimate of drug-likeness (QED) is 0.365. The first-order valence-electron chi connectivity index (χ1n) is 11.7. The van der Waals surface area contributed by atoms with Crippen molar-refractivity contribution in [1.82, 2.24) is 19.7 Å². The molecule has 0 amide bonds. The van der Waals surface area contributed by atoms with Gasteiger partial charge in [-0.05, 0) is 73.1 Å².